The second-order valence-electron chi connectivity index (χ2n) is 5.11. The topological polar surface area (TPSA) is 71.5 Å². The molecule has 1 aromatic heterocycles. The molecule has 0 aliphatic heterocycles. The van der Waals surface area contributed by atoms with Crippen LogP contribution in [0.3, 0.4) is 0 Å². The third kappa shape index (κ3) is 4.71. The molecule has 1 aromatic rings. The monoisotopic (exact) mass is 252 g/mol. The average Bonchev–Trinajstić information content (AvgIpc) is 2.23. The Morgan fingerprint density at radius 1 is 1.56 bits per heavy atom. The fourth-order valence-corrected chi connectivity index (χ4v) is 1.47. The van der Waals surface area contributed by atoms with Gasteiger partial charge in [-0.3, -0.25) is 4.98 Å². The molecule has 100 valence electrons. The first-order valence-corrected chi connectivity index (χ1v) is 5.85. The quantitative estimate of drug-likeness (QED) is 0.862. The minimum absolute atomic E-state index is 0.192. The molecule has 0 spiro atoms. The minimum atomic E-state index is -0.557. The lowest BCUT2D eigenvalue weighted by molar-refractivity contribution is 0.0482. The molecule has 1 unspecified atom stereocenters. The van der Waals surface area contributed by atoms with Crippen LogP contribution in [-0.2, 0) is 4.74 Å². The molecule has 1 amide bonds. The maximum Gasteiger partial charge on any atom is 0.408 e. The molecule has 0 aromatic carbocycles. The van der Waals surface area contributed by atoms with Gasteiger partial charge in [-0.05, 0) is 45.4 Å². The maximum atomic E-state index is 11.6. The van der Waals surface area contributed by atoms with Crippen molar-refractivity contribution in [2.75, 3.05) is 6.61 Å². The Hall–Kier alpha value is -1.62. The minimum Gasteiger partial charge on any atom is -0.444 e. The number of ether oxygens (including phenoxy) is 1. The zero-order chi connectivity index (χ0) is 13.8. The lowest BCUT2D eigenvalue weighted by atomic mass is 10.1. The number of pyridine rings is 1. The summed E-state index contributed by atoms with van der Waals surface area (Å²) in [6.07, 6.45) is 1.10. The number of aliphatic hydroxyl groups is 1. The second kappa shape index (κ2) is 5.82. The lowest BCUT2D eigenvalue weighted by Crippen LogP contribution is -2.36. The Morgan fingerprint density at radius 3 is 2.72 bits per heavy atom. The molecule has 5 heteroatoms. The van der Waals surface area contributed by atoms with E-state index in [1.54, 1.807) is 33.0 Å². The van der Waals surface area contributed by atoms with Gasteiger partial charge < -0.3 is 15.2 Å². The summed E-state index contributed by atoms with van der Waals surface area (Å²) < 4.78 is 5.14. The lowest BCUT2D eigenvalue weighted by Gasteiger charge is -2.23. The van der Waals surface area contributed by atoms with E-state index in [-0.39, 0.29) is 6.61 Å². The van der Waals surface area contributed by atoms with Gasteiger partial charge in [0.15, 0.2) is 0 Å². The van der Waals surface area contributed by atoms with Crippen LogP contribution < -0.4 is 5.32 Å². The standard InChI is InChI=1S/C13H20N2O3/c1-9-7-10(5-6-14-9)11(8-16)15-12(17)18-13(2,3)4/h5-7,11,16H,8H2,1-4H3,(H,15,17). The molecule has 1 heterocycles. The van der Waals surface area contributed by atoms with Gasteiger partial charge in [-0.15, -0.1) is 0 Å². The van der Waals surface area contributed by atoms with Gasteiger partial charge in [0.1, 0.15) is 5.60 Å². The largest absolute Gasteiger partial charge is 0.444 e. The third-order valence-electron chi connectivity index (χ3n) is 2.20. The van der Waals surface area contributed by atoms with Gasteiger partial charge in [0.2, 0.25) is 0 Å². The van der Waals surface area contributed by atoms with Crippen molar-refractivity contribution in [1.29, 1.82) is 0 Å². The number of nitrogens with one attached hydrogen (secondary N) is 1. The Balaban J connectivity index is 2.71. The predicted octanol–water partition coefficient (Wildman–Crippen LogP) is 1.95. The molecule has 0 saturated heterocycles. The molecular weight excluding hydrogens is 232 g/mol. The second-order valence-corrected chi connectivity index (χ2v) is 5.11. The fraction of sp³-hybridized carbons (Fsp3) is 0.538. The molecule has 5 nitrogen and oxygen atoms in total. The highest BCUT2D eigenvalue weighted by atomic mass is 16.6. The molecule has 0 bridgehead atoms. The first-order chi connectivity index (χ1) is 8.31. The number of amides is 1. The van der Waals surface area contributed by atoms with Crippen LogP contribution in [0.2, 0.25) is 0 Å². The van der Waals surface area contributed by atoms with E-state index in [0.29, 0.717) is 0 Å². The van der Waals surface area contributed by atoms with E-state index < -0.39 is 17.7 Å². The maximum absolute atomic E-state index is 11.6. The van der Waals surface area contributed by atoms with Crippen LogP contribution in [0.5, 0.6) is 0 Å². The number of aryl methyl sites for hydroxylation is 1. The molecule has 0 aliphatic carbocycles. The molecule has 18 heavy (non-hydrogen) atoms. The number of carbonyl (C=O) groups is 1. The van der Waals surface area contributed by atoms with Crippen LogP contribution >= 0.6 is 0 Å². The summed E-state index contributed by atoms with van der Waals surface area (Å²) in [6.45, 7) is 7.03. The van der Waals surface area contributed by atoms with Crippen LogP contribution in [0.15, 0.2) is 18.3 Å². The average molecular weight is 252 g/mol. The molecule has 0 radical (unpaired) electrons. The molecule has 2 N–H and O–H groups in total. The molecule has 0 aliphatic rings. The van der Waals surface area contributed by atoms with Crippen LogP contribution in [0.1, 0.15) is 38.1 Å². The first-order valence-electron chi connectivity index (χ1n) is 5.85. The normalized spacial score (nSPS) is 12.9. The van der Waals surface area contributed by atoms with Crippen molar-refractivity contribution >= 4 is 6.09 Å². The SMILES string of the molecule is Cc1cc(C(CO)NC(=O)OC(C)(C)C)ccn1. The number of aliphatic hydroxyl groups excluding tert-OH is 1. The van der Waals surface area contributed by atoms with Crippen molar-refractivity contribution in [3.05, 3.63) is 29.6 Å². The zero-order valence-corrected chi connectivity index (χ0v) is 11.2. The number of carbonyl (C=O) groups excluding carboxylic acids is 1. The fourth-order valence-electron chi connectivity index (χ4n) is 1.47. The summed E-state index contributed by atoms with van der Waals surface area (Å²) in [5.41, 5.74) is 1.07. The van der Waals surface area contributed by atoms with Crippen molar-refractivity contribution in [3.63, 3.8) is 0 Å². The van der Waals surface area contributed by atoms with Gasteiger partial charge in [0.25, 0.3) is 0 Å². The van der Waals surface area contributed by atoms with Crippen molar-refractivity contribution in [2.45, 2.75) is 39.3 Å². The predicted molar refractivity (Wildman–Crippen MR) is 68.2 cm³/mol. The number of hydrogen-bond donors (Lipinski definition) is 2. The summed E-state index contributed by atoms with van der Waals surface area (Å²) in [7, 11) is 0. The Kier molecular flexibility index (Phi) is 4.67. The van der Waals surface area contributed by atoms with Crippen LogP contribution in [0, 0.1) is 6.92 Å². The summed E-state index contributed by atoms with van der Waals surface area (Å²) >= 11 is 0. The molecule has 1 rings (SSSR count). The van der Waals surface area contributed by atoms with E-state index in [9.17, 15) is 9.90 Å². The van der Waals surface area contributed by atoms with Crippen LogP contribution in [-0.4, -0.2) is 28.4 Å². The highest BCUT2D eigenvalue weighted by molar-refractivity contribution is 5.68. The van der Waals surface area contributed by atoms with Gasteiger partial charge in [-0.1, -0.05) is 0 Å². The van der Waals surface area contributed by atoms with E-state index in [1.165, 1.54) is 0 Å². The van der Waals surface area contributed by atoms with Crippen molar-refractivity contribution in [2.24, 2.45) is 0 Å². The number of aromatic nitrogens is 1. The first kappa shape index (κ1) is 14.4. The molecule has 0 saturated carbocycles. The molecular formula is C13H20N2O3. The Labute approximate surface area is 107 Å². The van der Waals surface area contributed by atoms with E-state index in [4.69, 9.17) is 4.74 Å². The highest BCUT2D eigenvalue weighted by Crippen LogP contribution is 2.14. The van der Waals surface area contributed by atoms with Crippen molar-refractivity contribution in [1.82, 2.24) is 10.3 Å². The number of rotatable bonds is 3. The summed E-state index contributed by atoms with van der Waals surface area (Å²) in [5.74, 6) is 0. The van der Waals surface area contributed by atoms with Crippen molar-refractivity contribution < 1.29 is 14.6 Å². The highest BCUT2D eigenvalue weighted by Gasteiger charge is 2.20. The number of nitrogens with zero attached hydrogens (tertiary/aromatic N) is 1. The zero-order valence-electron chi connectivity index (χ0n) is 11.2. The Morgan fingerprint density at radius 2 is 2.22 bits per heavy atom. The van der Waals surface area contributed by atoms with Crippen molar-refractivity contribution in [3.8, 4) is 0 Å². The molecule has 1 atom stereocenters. The van der Waals surface area contributed by atoms with Gasteiger partial charge in [0, 0.05) is 11.9 Å². The third-order valence-corrected chi connectivity index (χ3v) is 2.20. The Bertz CT molecular complexity index is 413. The summed E-state index contributed by atoms with van der Waals surface area (Å²) in [6, 6.07) is 3.09. The van der Waals surface area contributed by atoms with E-state index in [2.05, 4.69) is 10.3 Å². The van der Waals surface area contributed by atoms with Crippen LogP contribution in [0.25, 0.3) is 0 Å². The summed E-state index contributed by atoms with van der Waals surface area (Å²) in [4.78, 5) is 15.7. The van der Waals surface area contributed by atoms with E-state index >= 15 is 0 Å². The van der Waals surface area contributed by atoms with E-state index in [0.717, 1.165) is 11.3 Å². The smallest absolute Gasteiger partial charge is 0.408 e. The number of hydrogen-bond acceptors (Lipinski definition) is 4. The van der Waals surface area contributed by atoms with Gasteiger partial charge in [0.05, 0.1) is 12.6 Å². The van der Waals surface area contributed by atoms with Gasteiger partial charge >= 0.3 is 6.09 Å². The van der Waals surface area contributed by atoms with Crippen LogP contribution in [0.4, 0.5) is 4.79 Å². The number of alkyl carbamates (subject to hydrolysis) is 1. The van der Waals surface area contributed by atoms with Gasteiger partial charge in [-0.25, -0.2) is 4.79 Å². The summed E-state index contributed by atoms with van der Waals surface area (Å²) in [5, 5.41) is 12.0. The molecule has 0 fully saturated rings. The van der Waals surface area contributed by atoms with Gasteiger partial charge in [-0.2, -0.15) is 0 Å². The van der Waals surface area contributed by atoms with E-state index in [1.807, 2.05) is 13.0 Å².